The Labute approximate surface area is 127 Å². The van der Waals surface area contributed by atoms with Crippen LogP contribution in [0.2, 0.25) is 5.02 Å². The molecule has 0 atom stereocenters. The van der Waals surface area contributed by atoms with Crippen LogP contribution in [0, 0.1) is 5.92 Å². The minimum Gasteiger partial charge on any atom is -0.379 e. The maximum absolute atomic E-state index is 12.2. The van der Waals surface area contributed by atoms with E-state index in [1.165, 1.54) is 12.8 Å². The molecule has 1 aromatic carbocycles. The number of carbonyl (C=O) groups excluding carboxylic acids is 1. The Bertz CT molecular complexity index is 463. The van der Waals surface area contributed by atoms with E-state index in [1.807, 2.05) is 0 Å². The first kappa shape index (κ1) is 14.8. The monoisotopic (exact) mass is 345 g/mol. The van der Waals surface area contributed by atoms with E-state index in [1.54, 1.807) is 30.1 Å². The number of hydrogen-bond donors (Lipinski definition) is 0. The molecule has 0 N–H and O–H groups in total. The van der Waals surface area contributed by atoms with E-state index >= 15 is 0 Å². The summed E-state index contributed by atoms with van der Waals surface area (Å²) in [4.78, 5) is 13.8. The average Bonchev–Trinajstić information content (AvgIpc) is 3.21. The van der Waals surface area contributed by atoms with Gasteiger partial charge in [0.05, 0.1) is 11.6 Å². The van der Waals surface area contributed by atoms with Crippen LogP contribution in [0.25, 0.3) is 0 Å². The molecule has 0 radical (unpaired) electrons. The molecule has 0 heterocycles. The zero-order valence-electron chi connectivity index (χ0n) is 10.9. The van der Waals surface area contributed by atoms with E-state index in [-0.39, 0.29) is 5.91 Å². The molecule has 1 amide bonds. The van der Waals surface area contributed by atoms with E-state index < -0.39 is 0 Å². The third kappa shape index (κ3) is 4.48. The zero-order valence-corrected chi connectivity index (χ0v) is 13.2. The van der Waals surface area contributed by atoms with Crippen molar-refractivity contribution in [3.63, 3.8) is 0 Å². The van der Waals surface area contributed by atoms with Gasteiger partial charge in [-0.3, -0.25) is 4.79 Å². The summed E-state index contributed by atoms with van der Waals surface area (Å²) >= 11 is 9.23. The van der Waals surface area contributed by atoms with Crippen LogP contribution in [0.1, 0.15) is 23.2 Å². The highest BCUT2D eigenvalue weighted by molar-refractivity contribution is 9.10. The molecule has 1 saturated carbocycles. The minimum atomic E-state index is -0.0209. The lowest BCUT2D eigenvalue weighted by atomic mass is 10.2. The van der Waals surface area contributed by atoms with Crippen molar-refractivity contribution in [3.8, 4) is 0 Å². The second-order valence-corrected chi connectivity index (χ2v) is 6.14. The number of amides is 1. The van der Waals surface area contributed by atoms with Gasteiger partial charge in [0, 0.05) is 30.2 Å². The van der Waals surface area contributed by atoms with Crippen LogP contribution in [0.15, 0.2) is 22.7 Å². The highest BCUT2D eigenvalue weighted by Crippen LogP contribution is 2.28. The summed E-state index contributed by atoms with van der Waals surface area (Å²) in [5.74, 6) is 0.737. The van der Waals surface area contributed by atoms with Crippen molar-refractivity contribution >= 4 is 33.4 Å². The SMILES string of the molecule is CN(CCOCC1CC1)C(=O)c1ccc(Cl)c(Br)c1. The number of rotatable bonds is 6. The van der Waals surface area contributed by atoms with Gasteiger partial charge in [0.2, 0.25) is 0 Å². The van der Waals surface area contributed by atoms with E-state index in [0.29, 0.717) is 23.7 Å². The molecule has 0 bridgehead atoms. The lowest BCUT2D eigenvalue weighted by molar-refractivity contribution is 0.0681. The highest BCUT2D eigenvalue weighted by Gasteiger charge is 2.21. The Morgan fingerprint density at radius 3 is 2.89 bits per heavy atom. The number of halogens is 2. The number of likely N-dealkylation sites (N-methyl/N-ethyl adjacent to an activating group) is 1. The van der Waals surface area contributed by atoms with E-state index in [0.717, 1.165) is 17.0 Å². The van der Waals surface area contributed by atoms with Gasteiger partial charge >= 0.3 is 0 Å². The second-order valence-electron chi connectivity index (χ2n) is 4.87. The van der Waals surface area contributed by atoms with E-state index in [4.69, 9.17) is 16.3 Å². The molecule has 3 nitrogen and oxygen atoms in total. The van der Waals surface area contributed by atoms with Gasteiger partial charge in [-0.25, -0.2) is 0 Å². The Morgan fingerprint density at radius 1 is 1.53 bits per heavy atom. The maximum atomic E-state index is 12.2. The van der Waals surface area contributed by atoms with Crippen LogP contribution in [-0.4, -0.2) is 37.6 Å². The molecular formula is C14H17BrClNO2. The molecular weight excluding hydrogens is 330 g/mol. The fourth-order valence-electron chi connectivity index (χ4n) is 1.69. The molecule has 0 aromatic heterocycles. The van der Waals surface area contributed by atoms with Crippen molar-refractivity contribution in [2.75, 3.05) is 26.8 Å². The van der Waals surface area contributed by atoms with E-state index in [2.05, 4.69) is 15.9 Å². The molecule has 0 aliphatic heterocycles. The largest absolute Gasteiger partial charge is 0.379 e. The number of carbonyl (C=O) groups is 1. The predicted molar refractivity (Wildman–Crippen MR) is 79.7 cm³/mol. The molecule has 1 fully saturated rings. The quantitative estimate of drug-likeness (QED) is 0.737. The van der Waals surface area contributed by atoms with Crippen molar-refractivity contribution in [1.82, 2.24) is 4.90 Å². The Morgan fingerprint density at radius 2 is 2.26 bits per heavy atom. The Kier molecular flexibility index (Phi) is 5.25. The van der Waals surface area contributed by atoms with Crippen molar-refractivity contribution in [2.45, 2.75) is 12.8 Å². The molecule has 0 saturated heterocycles. The third-order valence-electron chi connectivity index (χ3n) is 3.13. The normalized spacial score (nSPS) is 14.5. The molecule has 1 aliphatic carbocycles. The summed E-state index contributed by atoms with van der Waals surface area (Å²) in [6.07, 6.45) is 2.57. The van der Waals surface area contributed by atoms with E-state index in [9.17, 15) is 4.79 Å². The number of ether oxygens (including phenoxy) is 1. The fourth-order valence-corrected chi connectivity index (χ4v) is 2.18. The molecule has 0 unspecified atom stereocenters. The fraction of sp³-hybridized carbons (Fsp3) is 0.500. The summed E-state index contributed by atoms with van der Waals surface area (Å²) in [5, 5.41) is 0.604. The first-order valence-electron chi connectivity index (χ1n) is 6.36. The topological polar surface area (TPSA) is 29.5 Å². The van der Waals surface area contributed by atoms with Gasteiger partial charge in [0.1, 0.15) is 0 Å². The number of nitrogens with zero attached hydrogens (tertiary/aromatic N) is 1. The minimum absolute atomic E-state index is 0.0209. The van der Waals surface area contributed by atoms with Crippen molar-refractivity contribution in [3.05, 3.63) is 33.3 Å². The van der Waals surface area contributed by atoms with Crippen LogP contribution >= 0.6 is 27.5 Å². The Balaban J connectivity index is 1.81. The van der Waals surface area contributed by atoms with Crippen LogP contribution in [-0.2, 0) is 4.74 Å². The van der Waals surface area contributed by atoms with Crippen LogP contribution in [0.5, 0.6) is 0 Å². The zero-order chi connectivity index (χ0) is 13.8. The molecule has 0 spiro atoms. The average molecular weight is 347 g/mol. The molecule has 104 valence electrons. The summed E-state index contributed by atoms with van der Waals surface area (Å²) in [6, 6.07) is 5.19. The summed E-state index contributed by atoms with van der Waals surface area (Å²) in [7, 11) is 1.78. The van der Waals surface area contributed by atoms with Crippen molar-refractivity contribution < 1.29 is 9.53 Å². The standard InChI is InChI=1S/C14H17BrClNO2/c1-17(6-7-19-9-10-2-3-10)14(18)11-4-5-13(16)12(15)8-11/h4-5,8,10H,2-3,6-7,9H2,1H3. The highest BCUT2D eigenvalue weighted by atomic mass is 79.9. The Hall–Kier alpha value is -0.580. The maximum Gasteiger partial charge on any atom is 0.253 e. The van der Waals surface area contributed by atoms with Gasteiger partial charge < -0.3 is 9.64 Å². The second kappa shape index (κ2) is 6.73. The molecule has 2 rings (SSSR count). The first-order chi connectivity index (χ1) is 9.08. The van der Waals surface area contributed by atoms with Gasteiger partial charge in [-0.1, -0.05) is 11.6 Å². The summed E-state index contributed by atoms with van der Waals surface area (Å²) < 4.78 is 6.27. The lowest BCUT2D eigenvalue weighted by Crippen LogP contribution is -2.30. The van der Waals surface area contributed by atoms with Crippen molar-refractivity contribution in [1.29, 1.82) is 0 Å². The first-order valence-corrected chi connectivity index (χ1v) is 7.53. The summed E-state index contributed by atoms with van der Waals surface area (Å²) in [6.45, 7) is 2.02. The van der Waals surface area contributed by atoms with Gasteiger partial charge in [0.15, 0.2) is 0 Å². The smallest absolute Gasteiger partial charge is 0.253 e. The van der Waals surface area contributed by atoms with Gasteiger partial charge in [-0.15, -0.1) is 0 Å². The number of benzene rings is 1. The van der Waals surface area contributed by atoms with Gasteiger partial charge in [0.25, 0.3) is 5.91 Å². The predicted octanol–water partition coefficient (Wildman–Crippen LogP) is 3.60. The third-order valence-corrected chi connectivity index (χ3v) is 4.35. The molecule has 1 aromatic rings. The van der Waals surface area contributed by atoms with Gasteiger partial charge in [-0.05, 0) is 52.9 Å². The van der Waals surface area contributed by atoms with Crippen molar-refractivity contribution in [2.24, 2.45) is 5.92 Å². The lowest BCUT2D eigenvalue weighted by Gasteiger charge is -2.17. The summed E-state index contributed by atoms with van der Waals surface area (Å²) in [5.41, 5.74) is 0.626. The molecule has 19 heavy (non-hydrogen) atoms. The van der Waals surface area contributed by atoms with Crippen LogP contribution in [0.4, 0.5) is 0 Å². The number of hydrogen-bond acceptors (Lipinski definition) is 2. The van der Waals surface area contributed by atoms with Gasteiger partial charge in [-0.2, -0.15) is 0 Å². The molecule has 1 aliphatic rings. The van der Waals surface area contributed by atoms with Crippen LogP contribution < -0.4 is 0 Å². The molecule has 5 heteroatoms. The van der Waals surface area contributed by atoms with Crippen LogP contribution in [0.3, 0.4) is 0 Å².